The highest BCUT2D eigenvalue weighted by Gasteiger charge is 2.30. The van der Waals surface area contributed by atoms with Crippen molar-refractivity contribution in [3.05, 3.63) is 0 Å². The van der Waals surface area contributed by atoms with Crippen molar-refractivity contribution < 1.29 is 4.79 Å². The summed E-state index contributed by atoms with van der Waals surface area (Å²) in [5.74, 6) is 2.99. The first kappa shape index (κ1) is 16.2. The van der Waals surface area contributed by atoms with E-state index in [4.69, 9.17) is 0 Å². The summed E-state index contributed by atoms with van der Waals surface area (Å²) in [6.45, 7) is 8.82. The predicted molar refractivity (Wildman–Crippen MR) is 87.2 cm³/mol. The SMILES string of the molecule is CCC(CC)C(=O)N1CCCSCC1CN1CCCC1. The van der Waals surface area contributed by atoms with E-state index in [0.29, 0.717) is 11.9 Å². The zero-order chi connectivity index (χ0) is 14.4. The van der Waals surface area contributed by atoms with Crippen molar-refractivity contribution in [2.24, 2.45) is 5.92 Å². The van der Waals surface area contributed by atoms with Gasteiger partial charge in [0.15, 0.2) is 0 Å². The third-order valence-electron chi connectivity index (χ3n) is 4.72. The van der Waals surface area contributed by atoms with Crippen LogP contribution >= 0.6 is 11.8 Å². The fourth-order valence-electron chi connectivity index (χ4n) is 3.41. The highest BCUT2D eigenvalue weighted by atomic mass is 32.2. The first-order valence-corrected chi connectivity index (χ1v) is 9.52. The van der Waals surface area contributed by atoms with Crippen LogP contribution in [0.5, 0.6) is 0 Å². The Hall–Kier alpha value is -0.220. The molecule has 116 valence electrons. The normalized spacial score (nSPS) is 25.1. The second kappa shape index (κ2) is 8.28. The van der Waals surface area contributed by atoms with Crippen LogP contribution in [0, 0.1) is 5.92 Å². The standard InChI is InChI=1S/C16H30N2OS/c1-3-14(4-2)16(19)18-10-7-11-20-13-15(18)12-17-8-5-6-9-17/h14-15H,3-13H2,1-2H3. The zero-order valence-electron chi connectivity index (χ0n) is 13.1. The van der Waals surface area contributed by atoms with E-state index in [2.05, 4.69) is 23.6 Å². The lowest BCUT2D eigenvalue weighted by atomic mass is 10.0. The molecule has 0 N–H and O–H groups in total. The summed E-state index contributed by atoms with van der Waals surface area (Å²) in [5.41, 5.74) is 0. The molecule has 0 bridgehead atoms. The maximum atomic E-state index is 12.8. The van der Waals surface area contributed by atoms with E-state index in [1.54, 1.807) is 0 Å². The van der Waals surface area contributed by atoms with Crippen LogP contribution in [0.25, 0.3) is 0 Å². The summed E-state index contributed by atoms with van der Waals surface area (Å²) in [6, 6.07) is 0.439. The second-order valence-electron chi connectivity index (χ2n) is 6.14. The van der Waals surface area contributed by atoms with Gasteiger partial charge in [-0.2, -0.15) is 11.8 Å². The number of nitrogens with zero attached hydrogens (tertiary/aromatic N) is 2. The molecule has 1 atom stereocenters. The zero-order valence-corrected chi connectivity index (χ0v) is 14.0. The topological polar surface area (TPSA) is 23.6 Å². The Morgan fingerprint density at radius 2 is 1.85 bits per heavy atom. The Labute approximate surface area is 128 Å². The summed E-state index contributed by atoms with van der Waals surface area (Å²) in [6.07, 6.45) is 5.79. The third-order valence-corrected chi connectivity index (χ3v) is 5.92. The Kier molecular flexibility index (Phi) is 6.69. The second-order valence-corrected chi connectivity index (χ2v) is 7.28. The largest absolute Gasteiger partial charge is 0.337 e. The number of hydrogen-bond acceptors (Lipinski definition) is 3. The summed E-state index contributed by atoms with van der Waals surface area (Å²) < 4.78 is 0. The molecule has 3 nitrogen and oxygen atoms in total. The average molecular weight is 298 g/mol. The molecule has 2 rings (SSSR count). The highest BCUT2D eigenvalue weighted by molar-refractivity contribution is 7.99. The molecule has 2 heterocycles. The van der Waals surface area contributed by atoms with Gasteiger partial charge in [0, 0.05) is 24.8 Å². The summed E-state index contributed by atoms with van der Waals surface area (Å²) >= 11 is 2.03. The molecule has 0 aromatic rings. The van der Waals surface area contributed by atoms with Crippen LogP contribution in [0.15, 0.2) is 0 Å². The first-order valence-electron chi connectivity index (χ1n) is 8.36. The van der Waals surface area contributed by atoms with Gasteiger partial charge in [0.05, 0.1) is 6.04 Å². The van der Waals surface area contributed by atoms with Crippen molar-refractivity contribution in [1.82, 2.24) is 9.80 Å². The van der Waals surface area contributed by atoms with E-state index < -0.39 is 0 Å². The molecule has 0 spiro atoms. The lowest BCUT2D eigenvalue weighted by Gasteiger charge is -2.34. The quantitative estimate of drug-likeness (QED) is 0.780. The number of likely N-dealkylation sites (tertiary alicyclic amines) is 1. The van der Waals surface area contributed by atoms with Gasteiger partial charge in [0.25, 0.3) is 0 Å². The van der Waals surface area contributed by atoms with Gasteiger partial charge in [0.2, 0.25) is 5.91 Å². The summed E-state index contributed by atoms with van der Waals surface area (Å²) in [4.78, 5) is 17.6. The highest BCUT2D eigenvalue weighted by Crippen LogP contribution is 2.22. The van der Waals surface area contributed by atoms with Crippen LogP contribution in [-0.4, -0.2) is 59.4 Å². The van der Waals surface area contributed by atoms with Crippen LogP contribution in [0.4, 0.5) is 0 Å². The van der Waals surface area contributed by atoms with Gasteiger partial charge >= 0.3 is 0 Å². The lowest BCUT2D eigenvalue weighted by Crippen LogP contribution is -2.49. The van der Waals surface area contributed by atoms with Gasteiger partial charge in [-0.05, 0) is 50.9 Å². The number of carbonyl (C=O) groups excluding carboxylic acids is 1. The number of carbonyl (C=O) groups is 1. The van der Waals surface area contributed by atoms with Crippen molar-refractivity contribution in [2.45, 2.75) is 52.0 Å². The van der Waals surface area contributed by atoms with Gasteiger partial charge in [-0.3, -0.25) is 4.79 Å². The molecule has 2 aliphatic heterocycles. The van der Waals surface area contributed by atoms with Crippen molar-refractivity contribution in [2.75, 3.05) is 37.7 Å². The minimum Gasteiger partial charge on any atom is -0.337 e. The summed E-state index contributed by atoms with van der Waals surface area (Å²) in [5, 5.41) is 0. The molecule has 0 radical (unpaired) electrons. The fourth-order valence-corrected chi connectivity index (χ4v) is 4.46. The Balaban J connectivity index is 2.01. The Morgan fingerprint density at radius 1 is 1.15 bits per heavy atom. The Morgan fingerprint density at radius 3 is 2.50 bits per heavy atom. The number of thioether (sulfide) groups is 1. The van der Waals surface area contributed by atoms with Crippen molar-refractivity contribution >= 4 is 17.7 Å². The molecule has 1 unspecified atom stereocenters. The lowest BCUT2D eigenvalue weighted by molar-refractivity contribution is -0.138. The number of rotatable bonds is 5. The van der Waals surface area contributed by atoms with Crippen LogP contribution in [0.2, 0.25) is 0 Å². The molecule has 2 fully saturated rings. The van der Waals surface area contributed by atoms with E-state index in [9.17, 15) is 4.79 Å². The van der Waals surface area contributed by atoms with E-state index in [1.807, 2.05) is 11.8 Å². The molecule has 1 amide bonds. The van der Waals surface area contributed by atoms with Crippen LogP contribution in [0.1, 0.15) is 46.0 Å². The molecule has 0 aliphatic carbocycles. The molecular formula is C16H30N2OS. The van der Waals surface area contributed by atoms with E-state index in [1.165, 1.54) is 31.7 Å². The van der Waals surface area contributed by atoms with Crippen molar-refractivity contribution in [3.63, 3.8) is 0 Å². The van der Waals surface area contributed by atoms with Crippen LogP contribution in [0.3, 0.4) is 0 Å². The number of amides is 1. The van der Waals surface area contributed by atoms with E-state index >= 15 is 0 Å². The minimum absolute atomic E-state index is 0.235. The van der Waals surface area contributed by atoms with E-state index in [-0.39, 0.29) is 5.92 Å². The Bertz CT molecular complexity index is 301. The van der Waals surface area contributed by atoms with Gasteiger partial charge < -0.3 is 9.80 Å². The van der Waals surface area contributed by atoms with Crippen molar-refractivity contribution in [1.29, 1.82) is 0 Å². The van der Waals surface area contributed by atoms with Gasteiger partial charge in [-0.1, -0.05) is 13.8 Å². The van der Waals surface area contributed by atoms with Crippen LogP contribution < -0.4 is 0 Å². The van der Waals surface area contributed by atoms with Crippen molar-refractivity contribution in [3.8, 4) is 0 Å². The fraction of sp³-hybridized carbons (Fsp3) is 0.938. The molecule has 20 heavy (non-hydrogen) atoms. The molecule has 2 saturated heterocycles. The number of hydrogen-bond donors (Lipinski definition) is 0. The maximum Gasteiger partial charge on any atom is 0.225 e. The minimum atomic E-state index is 0.235. The summed E-state index contributed by atoms with van der Waals surface area (Å²) in [7, 11) is 0. The average Bonchev–Trinajstić information content (AvgIpc) is 2.85. The monoisotopic (exact) mass is 298 g/mol. The molecule has 0 aromatic heterocycles. The first-order chi connectivity index (χ1) is 9.76. The van der Waals surface area contributed by atoms with Gasteiger partial charge in [-0.25, -0.2) is 0 Å². The van der Waals surface area contributed by atoms with Gasteiger partial charge in [-0.15, -0.1) is 0 Å². The van der Waals surface area contributed by atoms with Gasteiger partial charge in [0.1, 0.15) is 0 Å². The van der Waals surface area contributed by atoms with Crippen LogP contribution in [-0.2, 0) is 4.79 Å². The smallest absolute Gasteiger partial charge is 0.225 e. The molecule has 0 aromatic carbocycles. The van der Waals surface area contributed by atoms with E-state index in [0.717, 1.165) is 38.1 Å². The molecule has 2 aliphatic rings. The molecule has 4 heteroatoms. The molecular weight excluding hydrogens is 268 g/mol. The maximum absolute atomic E-state index is 12.8. The third kappa shape index (κ3) is 4.14. The molecule has 0 saturated carbocycles. The predicted octanol–water partition coefficient (Wildman–Crippen LogP) is 2.85.